The van der Waals surface area contributed by atoms with Crippen LogP contribution in [0.25, 0.3) is 0 Å². The molecule has 0 N–H and O–H groups in total. The molecule has 1 heterocycles. The van der Waals surface area contributed by atoms with E-state index in [-0.39, 0.29) is 24.3 Å². The van der Waals surface area contributed by atoms with Crippen molar-refractivity contribution in [3.8, 4) is 0 Å². The summed E-state index contributed by atoms with van der Waals surface area (Å²) in [7, 11) is 0. The number of benzene rings is 1. The molecule has 0 aliphatic carbocycles. The molecular formula is C24H34N2O2S. The zero-order valence-corrected chi connectivity index (χ0v) is 19.0. The highest BCUT2D eigenvalue weighted by atomic mass is 32.1. The van der Waals surface area contributed by atoms with E-state index >= 15 is 0 Å². The largest absolute Gasteiger partial charge is 0.333 e. The second-order valence-corrected chi connectivity index (χ2v) is 9.39. The van der Waals surface area contributed by atoms with E-state index in [4.69, 9.17) is 0 Å². The van der Waals surface area contributed by atoms with Crippen LogP contribution in [0.5, 0.6) is 0 Å². The summed E-state index contributed by atoms with van der Waals surface area (Å²) in [5.41, 5.74) is 1.10. The van der Waals surface area contributed by atoms with Crippen molar-refractivity contribution >= 4 is 23.2 Å². The predicted octanol–water partition coefficient (Wildman–Crippen LogP) is 5.26. The predicted molar refractivity (Wildman–Crippen MR) is 121 cm³/mol. The smallest absolute Gasteiger partial charge is 0.242 e. The van der Waals surface area contributed by atoms with Crippen LogP contribution >= 0.6 is 11.3 Å². The van der Waals surface area contributed by atoms with Gasteiger partial charge in [0.2, 0.25) is 11.8 Å². The molecule has 0 fully saturated rings. The minimum absolute atomic E-state index is 0.00751. The molecule has 0 bridgehead atoms. The summed E-state index contributed by atoms with van der Waals surface area (Å²) < 4.78 is 0. The molecule has 2 aromatic rings. The third-order valence-corrected chi connectivity index (χ3v) is 5.74. The molecule has 0 saturated heterocycles. The first kappa shape index (κ1) is 23.1. The van der Waals surface area contributed by atoms with Crippen LogP contribution in [0.4, 0.5) is 0 Å². The monoisotopic (exact) mass is 414 g/mol. The Bertz CT molecular complexity index is 770. The van der Waals surface area contributed by atoms with E-state index in [9.17, 15) is 9.59 Å². The van der Waals surface area contributed by atoms with Crippen LogP contribution in [0.15, 0.2) is 42.5 Å². The lowest BCUT2D eigenvalue weighted by molar-refractivity contribution is -0.141. The van der Waals surface area contributed by atoms with Gasteiger partial charge in [-0.3, -0.25) is 9.59 Å². The number of rotatable bonds is 11. The maximum atomic E-state index is 13.3. The van der Waals surface area contributed by atoms with Crippen LogP contribution < -0.4 is 0 Å². The normalized spacial score (nSPS) is 10.9. The minimum Gasteiger partial charge on any atom is -0.333 e. The molecule has 0 radical (unpaired) electrons. The Morgan fingerprint density at radius 3 is 2.28 bits per heavy atom. The van der Waals surface area contributed by atoms with Gasteiger partial charge in [-0.25, -0.2) is 0 Å². The third-order valence-electron chi connectivity index (χ3n) is 4.75. The Morgan fingerprint density at radius 1 is 0.966 bits per heavy atom. The highest BCUT2D eigenvalue weighted by Crippen LogP contribution is 2.19. The van der Waals surface area contributed by atoms with E-state index in [1.54, 1.807) is 16.2 Å². The van der Waals surface area contributed by atoms with E-state index in [2.05, 4.69) is 26.0 Å². The van der Waals surface area contributed by atoms with Gasteiger partial charge in [-0.2, -0.15) is 0 Å². The fourth-order valence-electron chi connectivity index (χ4n) is 3.18. The lowest BCUT2D eigenvalue weighted by Crippen LogP contribution is -2.43. The van der Waals surface area contributed by atoms with Crippen molar-refractivity contribution in [2.24, 2.45) is 5.92 Å². The lowest BCUT2D eigenvalue weighted by Gasteiger charge is -2.28. The van der Waals surface area contributed by atoms with Crippen molar-refractivity contribution in [1.82, 2.24) is 9.80 Å². The van der Waals surface area contributed by atoms with Crippen LogP contribution in [-0.4, -0.2) is 34.7 Å². The molecule has 29 heavy (non-hydrogen) atoms. The van der Waals surface area contributed by atoms with E-state index in [1.807, 2.05) is 49.1 Å². The van der Waals surface area contributed by atoms with Gasteiger partial charge < -0.3 is 9.80 Å². The first-order valence-corrected chi connectivity index (χ1v) is 11.4. The minimum atomic E-state index is 0.00751. The SMILES string of the molecule is CCCCN(CC(=O)N(Cc1ccccc1)Cc1ccc(C)s1)C(=O)CC(C)C. The molecule has 0 aliphatic rings. The Balaban J connectivity index is 2.15. The fraction of sp³-hybridized carbons (Fsp3) is 0.500. The molecular weight excluding hydrogens is 380 g/mol. The van der Waals surface area contributed by atoms with Crippen LogP contribution in [-0.2, 0) is 22.7 Å². The van der Waals surface area contributed by atoms with Gasteiger partial charge in [-0.1, -0.05) is 57.5 Å². The number of thiophene rings is 1. The van der Waals surface area contributed by atoms with E-state index in [1.165, 1.54) is 9.75 Å². The molecule has 0 spiro atoms. The van der Waals surface area contributed by atoms with Gasteiger partial charge in [-0.15, -0.1) is 11.3 Å². The summed E-state index contributed by atoms with van der Waals surface area (Å²) in [5, 5.41) is 0. The Labute approximate surface area is 179 Å². The van der Waals surface area contributed by atoms with E-state index in [0.717, 1.165) is 18.4 Å². The molecule has 2 amide bonds. The topological polar surface area (TPSA) is 40.6 Å². The standard InChI is InChI=1S/C24H34N2O2S/c1-5-6-14-25(23(27)15-19(2)3)18-24(28)26(16-21-10-8-7-9-11-21)17-22-13-12-20(4)29-22/h7-13,19H,5-6,14-18H2,1-4H3. The summed E-state index contributed by atoms with van der Waals surface area (Å²) in [4.78, 5) is 32.0. The molecule has 0 aliphatic heterocycles. The summed E-state index contributed by atoms with van der Waals surface area (Å²) >= 11 is 1.72. The number of carbonyl (C=O) groups excluding carboxylic acids is 2. The van der Waals surface area contributed by atoms with Crippen LogP contribution in [0.1, 0.15) is 55.4 Å². The average Bonchev–Trinajstić information content (AvgIpc) is 3.09. The molecule has 0 atom stereocenters. The lowest BCUT2D eigenvalue weighted by atomic mass is 10.1. The fourth-order valence-corrected chi connectivity index (χ4v) is 4.08. The highest BCUT2D eigenvalue weighted by molar-refractivity contribution is 7.11. The Hall–Kier alpha value is -2.14. The average molecular weight is 415 g/mol. The maximum Gasteiger partial charge on any atom is 0.242 e. The molecule has 1 aromatic heterocycles. The molecule has 158 valence electrons. The van der Waals surface area contributed by atoms with Crippen molar-refractivity contribution in [1.29, 1.82) is 0 Å². The van der Waals surface area contributed by atoms with Gasteiger partial charge in [-0.05, 0) is 37.0 Å². The van der Waals surface area contributed by atoms with Crippen molar-refractivity contribution in [3.63, 3.8) is 0 Å². The van der Waals surface area contributed by atoms with E-state index in [0.29, 0.717) is 26.1 Å². The number of hydrogen-bond donors (Lipinski definition) is 0. The van der Waals surface area contributed by atoms with Gasteiger partial charge in [0.15, 0.2) is 0 Å². The highest BCUT2D eigenvalue weighted by Gasteiger charge is 2.22. The van der Waals surface area contributed by atoms with Gasteiger partial charge >= 0.3 is 0 Å². The number of unbranched alkanes of at least 4 members (excludes halogenated alkanes) is 1. The summed E-state index contributed by atoms with van der Waals surface area (Å²) in [5.74, 6) is 0.373. The molecule has 2 rings (SSSR count). The summed E-state index contributed by atoms with van der Waals surface area (Å²) in [6.45, 7) is 10.2. The number of hydrogen-bond acceptors (Lipinski definition) is 3. The van der Waals surface area contributed by atoms with Crippen LogP contribution in [0.3, 0.4) is 0 Å². The number of carbonyl (C=O) groups is 2. The van der Waals surface area contributed by atoms with Crippen LogP contribution in [0, 0.1) is 12.8 Å². The summed E-state index contributed by atoms with van der Waals surface area (Å²) in [6, 6.07) is 14.2. The van der Waals surface area contributed by atoms with Gasteiger partial charge in [0.1, 0.15) is 0 Å². The van der Waals surface area contributed by atoms with Crippen molar-refractivity contribution in [3.05, 3.63) is 57.8 Å². The maximum absolute atomic E-state index is 13.3. The van der Waals surface area contributed by atoms with Crippen molar-refractivity contribution in [2.75, 3.05) is 13.1 Å². The summed E-state index contributed by atoms with van der Waals surface area (Å²) in [6.07, 6.45) is 2.40. The molecule has 1 aromatic carbocycles. The molecule has 4 nitrogen and oxygen atoms in total. The first-order chi connectivity index (χ1) is 13.9. The Morgan fingerprint density at radius 2 is 1.69 bits per heavy atom. The third kappa shape index (κ3) is 8.01. The second-order valence-electron chi connectivity index (χ2n) is 8.01. The van der Waals surface area contributed by atoms with Gasteiger partial charge in [0.05, 0.1) is 13.1 Å². The molecule has 5 heteroatoms. The second kappa shape index (κ2) is 11.8. The number of aryl methyl sites for hydroxylation is 1. The zero-order valence-electron chi connectivity index (χ0n) is 18.2. The Kier molecular flexibility index (Phi) is 9.39. The van der Waals surface area contributed by atoms with Gasteiger partial charge in [0.25, 0.3) is 0 Å². The molecule has 0 unspecified atom stereocenters. The first-order valence-electron chi connectivity index (χ1n) is 10.5. The number of amides is 2. The van der Waals surface area contributed by atoms with Gasteiger partial charge in [0, 0.05) is 29.3 Å². The van der Waals surface area contributed by atoms with E-state index < -0.39 is 0 Å². The van der Waals surface area contributed by atoms with Crippen LogP contribution in [0.2, 0.25) is 0 Å². The number of nitrogens with zero attached hydrogens (tertiary/aromatic N) is 2. The van der Waals surface area contributed by atoms with Crippen molar-refractivity contribution < 1.29 is 9.59 Å². The zero-order chi connectivity index (χ0) is 21.2. The molecule has 0 saturated carbocycles. The van der Waals surface area contributed by atoms with Crippen molar-refractivity contribution in [2.45, 2.75) is 60.0 Å². The quantitative estimate of drug-likeness (QED) is 0.503.